The number of hydrogen-bond donors (Lipinski definition) is 5. The number of carbonyl (C=O) groups is 8. The zero-order chi connectivity index (χ0) is 93.5. The summed E-state index contributed by atoms with van der Waals surface area (Å²) in [6.45, 7) is 10.2. The first kappa shape index (κ1) is 91.9. The molecule has 32 nitrogen and oxygen atoms in total. The number of amidine groups is 3. The van der Waals surface area contributed by atoms with Crippen molar-refractivity contribution in [3.63, 3.8) is 0 Å². The minimum absolute atomic E-state index is 0.0281. The van der Waals surface area contributed by atoms with Crippen molar-refractivity contribution in [1.29, 1.82) is 0 Å². The second kappa shape index (κ2) is 38.7. The summed E-state index contributed by atoms with van der Waals surface area (Å²) < 4.78 is 85.3. The van der Waals surface area contributed by atoms with Crippen molar-refractivity contribution in [2.45, 2.75) is 56.0 Å². The van der Waals surface area contributed by atoms with Crippen LogP contribution in [0.5, 0.6) is 0 Å². The zero-order valence-electron chi connectivity index (χ0n) is 71.4. The minimum atomic E-state index is -4.05. The number of carboxylic acids is 1. The van der Waals surface area contributed by atoms with E-state index >= 15 is 0 Å². The number of aromatic nitrogens is 5. The highest BCUT2D eigenvalue weighted by Crippen LogP contribution is 2.43. The summed E-state index contributed by atoms with van der Waals surface area (Å²) in [5.74, 6) is -7.48. The van der Waals surface area contributed by atoms with Crippen LogP contribution in [0.4, 0.5) is 53.4 Å². The van der Waals surface area contributed by atoms with E-state index in [1.165, 1.54) is 128 Å². The molecule has 0 bridgehead atoms. The molecule has 5 N–H and O–H groups in total. The van der Waals surface area contributed by atoms with Crippen LogP contribution in [0.1, 0.15) is 78.5 Å². The number of amides is 6. The Balaban J connectivity index is 0.000000139. The number of anilines is 3. The lowest BCUT2D eigenvalue weighted by atomic mass is 9.95. The number of carbonyl (C=O) groups excluding carboxylic acids is 7. The van der Waals surface area contributed by atoms with Crippen LogP contribution in [-0.2, 0) is 39.3 Å². The number of aromatic amines is 1. The molecule has 6 fully saturated rings. The van der Waals surface area contributed by atoms with Crippen molar-refractivity contribution in [3.8, 4) is 0 Å². The van der Waals surface area contributed by atoms with Crippen LogP contribution in [0.2, 0.25) is 15.1 Å². The number of imidazole rings is 1. The normalized spacial score (nSPS) is 20.5. The third-order valence-electron chi connectivity index (χ3n) is 24.0. The number of Topliss-reactive ketones (excluding diaryl/α,β-unsaturated/α-hetero) is 1. The van der Waals surface area contributed by atoms with Crippen molar-refractivity contribution in [3.05, 3.63) is 271 Å². The summed E-state index contributed by atoms with van der Waals surface area (Å²) in [6.07, 6.45) is 4.96. The average Bonchev–Trinajstić information content (AvgIpc) is 1.56. The summed E-state index contributed by atoms with van der Waals surface area (Å²) in [5, 5.41) is 26.4. The number of aliphatic carboxylic acids is 1. The number of ketones is 1. The fourth-order valence-corrected chi connectivity index (χ4v) is 20.2. The number of fused-ring (bicyclic) bond motifs is 4. The van der Waals surface area contributed by atoms with Crippen LogP contribution in [0.25, 0.3) is 11.0 Å². The van der Waals surface area contributed by atoms with Crippen molar-refractivity contribution in [1.82, 2.24) is 70.3 Å². The van der Waals surface area contributed by atoms with E-state index in [0.29, 0.717) is 163 Å². The minimum Gasteiger partial charge on any atom is -0.477 e. The predicted octanol–water partition coefficient (Wildman–Crippen LogP) is 12.8. The third-order valence-corrected chi connectivity index (χ3v) is 27.3. The molecular formula is C90H82Cl3F5N20O12S3. The number of alkyl halides is 2. The van der Waals surface area contributed by atoms with Gasteiger partial charge in [0.25, 0.3) is 0 Å². The quantitative estimate of drug-likeness (QED) is 0.0193. The van der Waals surface area contributed by atoms with E-state index in [1.807, 2.05) is 50.6 Å². The molecule has 0 spiro atoms. The topological polar surface area (TPSA) is 354 Å². The number of halogens is 8. The standard InChI is InChI=1S/C30H26ClF3N6O5S.C30H28ClFN8O3S.C30H28ClFN6O4S/c1-45-27(41)23-22(36-25(26-35-8-11-46-26)37-24(23)20-7-4-17(32)12-21(20)31)15-38-9-10-39-19(13-38)14-40(29(39)44)18-5-2-16(3-6-18)30(33,34)28(42)43;1-16-34-22-6-4-18(12-23(22)35-16)40-14-19-13-38(8-9-39(19)30(40)42)15-24-25(29(41)43-2)26(20-5-3-17(32)11-21(20)31)37-27(36-24)28-33-7-10-44-28;1-17(39)18-3-6-20(7-4-18)38-15-21-14-36(10-11-37(21)30(38)41)16-24-25(29(40)42-2)26(22-8-5-19(32)13-23(22)31)35-27(34-24)28-33-9-12-43-28/h2-8,11-12,19,24H,9-10,13-15H2,1H3,(H,36,37)(H,42,43);3-7,10-12,19,26H,8-9,13-15H2,1-2H3,(H,34,35)(H,36,37);3-9,12-13,21,26H,10-11,14-16H2,1-2H3,(H,34,35)/t19-,24-;19-,26-;21-,26-/m000/s1. The molecule has 133 heavy (non-hydrogen) atoms. The number of piperazine rings is 3. The smallest absolute Gasteiger partial charge is 0.379 e. The van der Waals surface area contributed by atoms with Crippen molar-refractivity contribution < 1.29 is 79.6 Å². The van der Waals surface area contributed by atoms with Gasteiger partial charge in [-0.3, -0.25) is 49.2 Å². The molecule has 0 aliphatic carbocycles. The molecule has 688 valence electrons. The van der Waals surface area contributed by atoms with Gasteiger partial charge in [-0.1, -0.05) is 65.1 Å². The molecule has 6 atom stereocenters. The van der Waals surface area contributed by atoms with E-state index in [2.05, 4.69) is 55.6 Å². The maximum absolute atomic E-state index is 14.0. The number of benzene rings is 6. The van der Waals surface area contributed by atoms with E-state index in [0.717, 1.165) is 46.4 Å². The number of methoxy groups -OCH3 is 3. The van der Waals surface area contributed by atoms with E-state index in [1.54, 1.807) is 58.0 Å². The lowest BCUT2D eigenvalue weighted by Crippen LogP contribution is -2.53. The molecule has 6 amide bonds. The van der Waals surface area contributed by atoms with Gasteiger partial charge in [-0.25, -0.2) is 66.7 Å². The van der Waals surface area contributed by atoms with Gasteiger partial charge >= 0.3 is 47.9 Å². The molecule has 0 unspecified atom stereocenters. The van der Waals surface area contributed by atoms with Crippen molar-refractivity contribution in [2.24, 2.45) is 15.0 Å². The van der Waals surface area contributed by atoms with Gasteiger partial charge < -0.3 is 55.0 Å². The maximum atomic E-state index is 14.0. The predicted molar refractivity (Wildman–Crippen MR) is 489 cm³/mol. The fourth-order valence-electron chi connectivity index (χ4n) is 17.6. The van der Waals surface area contributed by atoms with Gasteiger partial charge in [0.1, 0.15) is 41.4 Å². The molecule has 9 aliphatic rings. The van der Waals surface area contributed by atoms with Crippen LogP contribution in [-0.4, -0.2) is 262 Å². The van der Waals surface area contributed by atoms with Crippen molar-refractivity contribution >= 4 is 162 Å². The number of thiazole rings is 3. The summed E-state index contributed by atoms with van der Waals surface area (Å²) in [6, 6.07) is 26.0. The van der Waals surface area contributed by atoms with Gasteiger partial charge in [-0.2, -0.15) is 8.78 Å². The number of aliphatic imine (C=N–C) groups is 3. The van der Waals surface area contributed by atoms with Gasteiger partial charge in [0.15, 0.2) is 38.3 Å². The number of ether oxygens (including phenoxy) is 3. The Labute approximate surface area is 783 Å². The molecule has 43 heteroatoms. The first-order valence-corrected chi connectivity index (χ1v) is 45.5. The number of H-pyrrole nitrogens is 1. The van der Waals surface area contributed by atoms with Crippen LogP contribution >= 0.6 is 68.8 Å². The lowest BCUT2D eigenvalue weighted by molar-refractivity contribution is -0.166. The summed E-state index contributed by atoms with van der Waals surface area (Å²) in [7, 11) is 3.87. The summed E-state index contributed by atoms with van der Waals surface area (Å²) in [5.41, 5.74) is 7.34. The largest absolute Gasteiger partial charge is 0.477 e. The number of nitrogens with one attached hydrogen (secondary N) is 4. The van der Waals surface area contributed by atoms with Crippen LogP contribution < -0.4 is 30.7 Å². The number of esters is 3. The Hall–Kier alpha value is -12.9. The molecule has 19 rings (SSSR count). The molecule has 0 radical (unpaired) electrons. The molecule has 9 aliphatic heterocycles. The number of rotatable bonds is 21. The second-order valence-electron chi connectivity index (χ2n) is 32.2. The third kappa shape index (κ3) is 19.0. The van der Waals surface area contributed by atoms with E-state index in [4.69, 9.17) is 69.1 Å². The summed E-state index contributed by atoms with van der Waals surface area (Å²) in [4.78, 5) is 155. The molecular weight excluding hydrogens is 1850 g/mol. The number of hydrogen-bond acceptors (Lipinski definition) is 27. The highest BCUT2D eigenvalue weighted by atomic mass is 35.5. The van der Waals surface area contributed by atoms with Crippen molar-refractivity contribution in [2.75, 3.05) is 134 Å². The zero-order valence-corrected chi connectivity index (χ0v) is 76.1. The Morgan fingerprint density at radius 1 is 0.474 bits per heavy atom. The number of nitrogens with zero attached hydrogens (tertiary/aromatic N) is 16. The highest BCUT2D eigenvalue weighted by Gasteiger charge is 2.48. The van der Waals surface area contributed by atoms with Crippen LogP contribution in [0.15, 0.2) is 205 Å². The Morgan fingerprint density at radius 3 is 1.14 bits per heavy atom. The first-order chi connectivity index (χ1) is 64.0. The SMILES string of the molecule is COC(=O)C1=C(CN2CCN3C(=O)N(c4ccc(C(C)=O)cc4)C[C@@H]3C2)NC(c2nccs2)=N[C@H]1c1ccc(F)cc1Cl.COC(=O)C1=C(CN2CCN3C(=O)N(c4ccc(C(F)(F)C(=O)O)cc4)C[C@@H]3C2)NC(c2nccs2)=N[C@H]1c1ccc(F)cc1Cl.COC(=O)C1=C(CN2CCN3C(=O)N(c4ccc5nc(C)[nH]c5c4)C[C@@H]3C2)NC(c2nccs2)=N[C@H]1c1ccc(F)cc1Cl. The maximum Gasteiger partial charge on any atom is 0.379 e. The second-order valence-corrected chi connectivity index (χ2v) is 36.1. The van der Waals surface area contributed by atoms with E-state index in [-0.39, 0.29) is 86.9 Å². The number of aryl methyl sites for hydroxylation is 1. The number of urea groups is 3. The van der Waals surface area contributed by atoms with Gasteiger partial charge in [-0.15, -0.1) is 34.0 Å². The van der Waals surface area contributed by atoms with E-state index < -0.39 is 70.9 Å². The van der Waals surface area contributed by atoms with Gasteiger partial charge in [0.05, 0.1) is 67.2 Å². The Kier molecular flexibility index (Phi) is 26.8. The molecule has 6 aromatic carbocycles. The van der Waals surface area contributed by atoms with Crippen LogP contribution in [0.3, 0.4) is 0 Å². The van der Waals surface area contributed by atoms with Gasteiger partial charge in [0, 0.05) is 210 Å². The van der Waals surface area contributed by atoms with Crippen LogP contribution in [0, 0.1) is 24.4 Å². The molecule has 6 saturated heterocycles. The molecule has 0 saturated carbocycles. The molecule has 4 aromatic heterocycles. The Bertz CT molecular complexity index is 6450. The highest BCUT2D eigenvalue weighted by molar-refractivity contribution is 7.12. The summed E-state index contributed by atoms with van der Waals surface area (Å²) >= 11 is 23.5. The average molecular weight is 1930 g/mol. The monoisotopic (exact) mass is 1930 g/mol. The van der Waals surface area contributed by atoms with E-state index in [9.17, 15) is 60.3 Å². The number of carboxylic acid groups (broad SMARTS) is 1. The fraction of sp³-hybridized carbons (Fsp3) is 0.300. The Morgan fingerprint density at radius 2 is 0.820 bits per heavy atom. The first-order valence-electron chi connectivity index (χ1n) is 41.7. The molecule has 10 aromatic rings. The van der Waals surface area contributed by atoms with Gasteiger partial charge in [-0.05, 0) is 105 Å². The molecule has 13 heterocycles. The van der Waals surface area contributed by atoms with Gasteiger partial charge in [0.2, 0.25) is 0 Å². The lowest BCUT2D eigenvalue weighted by Gasteiger charge is -2.38.